The predicted octanol–water partition coefficient (Wildman–Crippen LogP) is 3.43. The van der Waals surface area contributed by atoms with Crippen molar-refractivity contribution >= 4 is 15.7 Å². The molecule has 0 atom stereocenters. The molecule has 1 aliphatic heterocycles. The molecule has 25 heavy (non-hydrogen) atoms. The predicted molar refractivity (Wildman–Crippen MR) is 84.5 cm³/mol. The van der Waals surface area contributed by atoms with Gasteiger partial charge in [-0.05, 0) is 55.4 Å². The molecule has 2 heterocycles. The first-order valence-corrected chi connectivity index (χ1v) is 9.42. The van der Waals surface area contributed by atoms with Crippen LogP contribution in [-0.4, -0.2) is 18.2 Å². The zero-order valence-electron chi connectivity index (χ0n) is 13.2. The molecule has 2 aliphatic rings. The number of aryl methyl sites for hydroxylation is 1. The minimum atomic E-state index is -4.50. The molecule has 0 amide bonds. The van der Waals surface area contributed by atoms with E-state index in [1.54, 1.807) is 4.68 Å². The molecule has 0 saturated heterocycles. The number of nitrogens with one attached hydrogen (secondary N) is 1. The third kappa shape index (κ3) is 3.01. The summed E-state index contributed by atoms with van der Waals surface area (Å²) < 4.78 is 67.1. The SMILES string of the molecule is O=S(=O)(Nc1cnn2c1CC1(CC2)CC1)c1ccc(C(F)(F)F)cc1. The van der Waals surface area contributed by atoms with Gasteiger partial charge >= 0.3 is 6.18 Å². The maximum Gasteiger partial charge on any atom is 0.416 e. The summed E-state index contributed by atoms with van der Waals surface area (Å²) >= 11 is 0. The normalized spacial score (nSPS) is 18.8. The molecule has 9 heteroatoms. The average molecular weight is 371 g/mol. The lowest BCUT2D eigenvalue weighted by Gasteiger charge is -2.23. The first-order valence-electron chi connectivity index (χ1n) is 7.93. The van der Waals surface area contributed by atoms with E-state index in [0.29, 0.717) is 5.69 Å². The van der Waals surface area contributed by atoms with Crippen molar-refractivity contribution in [2.45, 2.75) is 43.3 Å². The van der Waals surface area contributed by atoms with E-state index in [1.807, 2.05) is 0 Å². The van der Waals surface area contributed by atoms with Gasteiger partial charge in [0.05, 0.1) is 28.0 Å². The average Bonchev–Trinajstić information content (AvgIpc) is 3.19. The Morgan fingerprint density at radius 3 is 2.40 bits per heavy atom. The molecule has 1 aromatic carbocycles. The standard InChI is InChI=1S/C16H16F3N3O2S/c17-16(18,19)11-1-3-12(4-2-11)25(23,24)21-13-10-20-22-8-7-15(5-6-15)9-14(13)22/h1-4,10,21H,5-9H2. The van der Waals surface area contributed by atoms with Crippen LogP contribution in [0.5, 0.6) is 0 Å². The lowest BCUT2D eigenvalue weighted by atomic mass is 9.93. The number of fused-ring (bicyclic) bond motifs is 1. The van der Waals surface area contributed by atoms with Crippen LogP contribution in [0.25, 0.3) is 0 Å². The number of hydrogen-bond donors (Lipinski definition) is 1. The summed E-state index contributed by atoms with van der Waals surface area (Å²) in [6.07, 6.45) is 1.08. The largest absolute Gasteiger partial charge is 0.416 e. The van der Waals surface area contributed by atoms with Gasteiger partial charge in [-0.15, -0.1) is 0 Å². The first kappa shape index (κ1) is 16.4. The van der Waals surface area contributed by atoms with Crippen molar-refractivity contribution in [3.05, 3.63) is 41.7 Å². The van der Waals surface area contributed by atoms with Crippen LogP contribution < -0.4 is 4.72 Å². The zero-order valence-corrected chi connectivity index (χ0v) is 14.0. The second-order valence-corrected chi connectivity index (χ2v) is 8.46. The van der Waals surface area contributed by atoms with Crippen LogP contribution in [0.3, 0.4) is 0 Å². The fraction of sp³-hybridized carbons (Fsp3) is 0.438. The van der Waals surface area contributed by atoms with Gasteiger partial charge in [-0.1, -0.05) is 0 Å². The summed E-state index contributed by atoms with van der Waals surface area (Å²) in [5.74, 6) is 0. The number of rotatable bonds is 3. The number of sulfonamides is 1. The molecule has 1 N–H and O–H groups in total. The molecule has 1 saturated carbocycles. The molecule has 1 spiro atoms. The van der Waals surface area contributed by atoms with Gasteiger partial charge in [-0.3, -0.25) is 9.40 Å². The maximum absolute atomic E-state index is 12.6. The molecular weight excluding hydrogens is 355 g/mol. The summed E-state index contributed by atoms with van der Waals surface area (Å²) in [6, 6.07) is 3.45. The van der Waals surface area contributed by atoms with Crippen molar-refractivity contribution in [3.8, 4) is 0 Å². The van der Waals surface area contributed by atoms with Crippen molar-refractivity contribution in [1.82, 2.24) is 9.78 Å². The number of halogens is 3. The van der Waals surface area contributed by atoms with Crippen molar-refractivity contribution < 1.29 is 21.6 Å². The fourth-order valence-corrected chi connectivity index (χ4v) is 4.36. The van der Waals surface area contributed by atoms with Crippen LogP contribution in [0.1, 0.15) is 30.5 Å². The highest BCUT2D eigenvalue weighted by Crippen LogP contribution is 2.54. The highest BCUT2D eigenvalue weighted by atomic mass is 32.2. The molecule has 5 nitrogen and oxygen atoms in total. The second-order valence-electron chi connectivity index (χ2n) is 6.78. The van der Waals surface area contributed by atoms with Crippen LogP contribution in [0, 0.1) is 5.41 Å². The van der Waals surface area contributed by atoms with Crippen molar-refractivity contribution in [2.75, 3.05) is 4.72 Å². The van der Waals surface area contributed by atoms with Gasteiger partial charge in [0.25, 0.3) is 10.0 Å². The van der Waals surface area contributed by atoms with E-state index in [2.05, 4.69) is 9.82 Å². The summed E-state index contributed by atoms with van der Waals surface area (Å²) in [7, 11) is -3.97. The van der Waals surface area contributed by atoms with Gasteiger partial charge in [0.15, 0.2) is 0 Å². The van der Waals surface area contributed by atoms with Crippen LogP contribution in [0.15, 0.2) is 35.4 Å². The minimum absolute atomic E-state index is 0.211. The summed E-state index contributed by atoms with van der Waals surface area (Å²) in [6.45, 7) is 0.761. The fourth-order valence-electron chi connectivity index (χ4n) is 3.29. The third-order valence-electron chi connectivity index (χ3n) is 5.04. The molecular formula is C16H16F3N3O2S. The summed E-state index contributed by atoms with van der Waals surface area (Å²) in [5, 5.41) is 4.22. The van der Waals surface area contributed by atoms with Crippen molar-refractivity contribution in [1.29, 1.82) is 0 Å². The van der Waals surface area contributed by atoms with E-state index in [1.165, 1.54) is 6.20 Å². The Morgan fingerprint density at radius 2 is 1.80 bits per heavy atom. The Balaban J connectivity index is 1.59. The third-order valence-corrected chi connectivity index (χ3v) is 6.42. The molecule has 0 unspecified atom stereocenters. The molecule has 2 aromatic rings. The Morgan fingerprint density at radius 1 is 1.12 bits per heavy atom. The van der Waals surface area contributed by atoms with E-state index in [-0.39, 0.29) is 10.3 Å². The molecule has 1 fully saturated rings. The second kappa shape index (κ2) is 5.23. The van der Waals surface area contributed by atoms with Gasteiger partial charge < -0.3 is 0 Å². The zero-order chi connectivity index (χ0) is 17.9. The van der Waals surface area contributed by atoms with E-state index in [4.69, 9.17) is 0 Å². The Kier molecular flexibility index (Phi) is 3.44. The van der Waals surface area contributed by atoms with Crippen LogP contribution >= 0.6 is 0 Å². The Hall–Kier alpha value is -2.03. The molecule has 134 valence electrons. The first-order chi connectivity index (χ1) is 11.7. The van der Waals surface area contributed by atoms with Gasteiger partial charge in [-0.25, -0.2) is 8.42 Å². The number of alkyl halides is 3. The van der Waals surface area contributed by atoms with Crippen LogP contribution in [0.4, 0.5) is 18.9 Å². The smallest absolute Gasteiger partial charge is 0.276 e. The summed E-state index contributed by atoms with van der Waals surface area (Å²) in [5.41, 5.74) is 0.653. The van der Waals surface area contributed by atoms with Gasteiger partial charge in [-0.2, -0.15) is 18.3 Å². The maximum atomic E-state index is 12.6. The number of nitrogens with zero attached hydrogens (tertiary/aromatic N) is 2. The highest BCUT2D eigenvalue weighted by Gasteiger charge is 2.46. The molecule has 4 rings (SSSR count). The van der Waals surface area contributed by atoms with E-state index in [0.717, 1.165) is 62.2 Å². The van der Waals surface area contributed by atoms with Gasteiger partial charge in [0.1, 0.15) is 0 Å². The lowest BCUT2D eigenvalue weighted by Crippen LogP contribution is -2.22. The van der Waals surface area contributed by atoms with Crippen molar-refractivity contribution in [3.63, 3.8) is 0 Å². The molecule has 0 bridgehead atoms. The number of hydrogen-bond acceptors (Lipinski definition) is 3. The summed E-state index contributed by atoms with van der Waals surface area (Å²) in [4.78, 5) is -0.211. The highest BCUT2D eigenvalue weighted by molar-refractivity contribution is 7.92. The van der Waals surface area contributed by atoms with E-state index in [9.17, 15) is 21.6 Å². The van der Waals surface area contributed by atoms with Gasteiger partial charge in [0.2, 0.25) is 0 Å². The Labute approximate surface area is 142 Å². The lowest BCUT2D eigenvalue weighted by molar-refractivity contribution is -0.137. The number of anilines is 1. The van der Waals surface area contributed by atoms with E-state index >= 15 is 0 Å². The van der Waals surface area contributed by atoms with Crippen molar-refractivity contribution in [2.24, 2.45) is 5.41 Å². The van der Waals surface area contributed by atoms with Crippen LogP contribution in [0.2, 0.25) is 0 Å². The van der Waals surface area contributed by atoms with Crippen LogP contribution in [-0.2, 0) is 29.2 Å². The number of benzene rings is 1. The minimum Gasteiger partial charge on any atom is -0.276 e. The number of aromatic nitrogens is 2. The van der Waals surface area contributed by atoms with E-state index < -0.39 is 21.8 Å². The Bertz CT molecular complexity index is 913. The molecule has 1 aromatic heterocycles. The topological polar surface area (TPSA) is 64.0 Å². The quantitative estimate of drug-likeness (QED) is 0.899. The molecule has 1 aliphatic carbocycles. The monoisotopic (exact) mass is 371 g/mol. The van der Waals surface area contributed by atoms with Gasteiger partial charge in [0, 0.05) is 6.54 Å². The molecule has 0 radical (unpaired) electrons.